The van der Waals surface area contributed by atoms with Gasteiger partial charge in [0.1, 0.15) is 0 Å². The number of thioether (sulfide) groups is 1. The van der Waals surface area contributed by atoms with Gasteiger partial charge in [-0.25, -0.2) is 0 Å². The van der Waals surface area contributed by atoms with E-state index >= 15 is 0 Å². The molecule has 1 aliphatic heterocycles. The second-order valence-electron chi connectivity index (χ2n) is 6.28. The molecule has 1 saturated heterocycles. The lowest BCUT2D eigenvalue weighted by molar-refractivity contribution is -0.130. The van der Waals surface area contributed by atoms with Crippen molar-refractivity contribution in [3.8, 4) is 11.7 Å². The summed E-state index contributed by atoms with van der Waals surface area (Å²) in [6, 6.07) is 13.9. The Labute approximate surface area is 161 Å². The van der Waals surface area contributed by atoms with Crippen molar-refractivity contribution < 1.29 is 13.6 Å². The predicted molar refractivity (Wildman–Crippen MR) is 101 cm³/mol. The van der Waals surface area contributed by atoms with Gasteiger partial charge in [0.05, 0.1) is 12.0 Å². The van der Waals surface area contributed by atoms with E-state index in [9.17, 15) is 4.79 Å². The van der Waals surface area contributed by atoms with Gasteiger partial charge in [0.2, 0.25) is 5.91 Å². The number of furan rings is 1. The maximum atomic E-state index is 12.5. The van der Waals surface area contributed by atoms with Crippen molar-refractivity contribution in [2.45, 2.75) is 11.8 Å². The average Bonchev–Trinajstić information content (AvgIpc) is 3.39. The second-order valence-corrected chi connectivity index (χ2v) is 7.21. The molecule has 7 nitrogen and oxygen atoms in total. The molecule has 3 heterocycles. The fourth-order valence-electron chi connectivity index (χ4n) is 2.98. The number of hydrogen-bond acceptors (Lipinski definition) is 7. The number of carbonyl (C=O) groups is 1. The van der Waals surface area contributed by atoms with Gasteiger partial charge in [-0.2, -0.15) is 0 Å². The molecule has 4 rings (SSSR count). The van der Waals surface area contributed by atoms with Crippen molar-refractivity contribution in [2.24, 2.45) is 0 Å². The van der Waals surface area contributed by atoms with Gasteiger partial charge in [-0.1, -0.05) is 42.1 Å². The molecule has 0 bridgehead atoms. The Morgan fingerprint density at radius 3 is 2.59 bits per heavy atom. The number of benzene rings is 1. The molecule has 0 N–H and O–H groups in total. The van der Waals surface area contributed by atoms with Gasteiger partial charge in [0, 0.05) is 32.7 Å². The van der Waals surface area contributed by atoms with Gasteiger partial charge < -0.3 is 13.7 Å². The average molecular weight is 384 g/mol. The Balaban J connectivity index is 1.23. The third-order valence-corrected chi connectivity index (χ3v) is 5.23. The Hall–Kier alpha value is -2.58. The molecule has 0 saturated carbocycles. The van der Waals surface area contributed by atoms with E-state index < -0.39 is 0 Å². The molecular weight excluding hydrogens is 364 g/mol. The summed E-state index contributed by atoms with van der Waals surface area (Å²) in [5.41, 5.74) is 1.30. The fourth-order valence-corrected chi connectivity index (χ4v) is 3.65. The summed E-state index contributed by atoms with van der Waals surface area (Å²) in [6.45, 7) is 4.18. The SMILES string of the molecule is O=C(CSc1nnc(-c2ccco2)o1)N1CCN(Cc2ccccc2)CC1. The smallest absolute Gasteiger partial charge is 0.284 e. The maximum Gasteiger partial charge on any atom is 0.284 e. The number of amides is 1. The highest BCUT2D eigenvalue weighted by molar-refractivity contribution is 7.99. The molecule has 0 radical (unpaired) electrons. The van der Waals surface area contributed by atoms with Crippen molar-refractivity contribution in [2.75, 3.05) is 31.9 Å². The largest absolute Gasteiger partial charge is 0.459 e. The van der Waals surface area contributed by atoms with Gasteiger partial charge >= 0.3 is 0 Å². The standard InChI is InChI=1S/C19H20N4O3S/c24-17(14-27-19-21-20-18(26-19)16-7-4-12-25-16)23-10-8-22(9-11-23)13-15-5-2-1-3-6-15/h1-7,12H,8-11,13-14H2. The summed E-state index contributed by atoms with van der Waals surface area (Å²) < 4.78 is 10.7. The normalized spacial score (nSPS) is 15.2. The third-order valence-electron chi connectivity index (χ3n) is 4.43. The first-order valence-electron chi connectivity index (χ1n) is 8.82. The highest BCUT2D eigenvalue weighted by Crippen LogP contribution is 2.23. The van der Waals surface area contributed by atoms with Crippen LogP contribution in [0.5, 0.6) is 0 Å². The highest BCUT2D eigenvalue weighted by Gasteiger charge is 2.22. The van der Waals surface area contributed by atoms with E-state index in [1.807, 2.05) is 11.0 Å². The van der Waals surface area contributed by atoms with Crippen LogP contribution in [0.4, 0.5) is 0 Å². The predicted octanol–water partition coefficient (Wildman–Crippen LogP) is 2.77. The zero-order chi connectivity index (χ0) is 18.5. The lowest BCUT2D eigenvalue weighted by Crippen LogP contribution is -2.48. The maximum absolute atomic E-state index is 12.5. The van der Waals surface area contributed by atoms with E-state index in [2.05, 4.69) is 39.4 Å². The minimum atomic E-state index is 0.0945. The van der Waals surface area contributed by atoms with Crippen molar-refractivity contribution in [3.05, 3.63) is 54.3 Å². The molecule has 1 amide bonds. The lowest BCUT2D eigenvalue weighted by Gasteiger charge is -2.34. The monoisotopic (exact) mass is 384 g/mol. The Kier molecular flexibility index (Phi) is 5.55. The molecule has 0 spiro atoms. The lowest BCUT2D eigenvalue weighted by atomic mass is 10.2. The topological polar surface area (TPSA) is 75.6 Å². The zero-order valence-corrected chi connectivity index (χ0v) is 15.6. The van der Waals surface area contributed by atoms with Crippen LogP contribution in [0.3, 0.4) is 0 Å². The number of carbonyl (C=O) groups excluding carboxylic acids is 1. The first-order valence-corrected chi connectivity index (χ1v) is 9.81. The molecular formula is C19H20N4O3S. The van der Waals surface area contributed by atoms with Gasteiger partial charge in [-0.3, -0.25) is 9.69 Å². The highest BCUT2D eigenvalue weighted by atomic mass is 32.2. The number of hydrogen-bond donors (Lipinski definition) is 0. The molecule has 0 atom stereocenters. The molecule has 1 fully saturated rings. The van der Waals surface area contributed by atoms with Crippen molar-refractivity contribution in [3.63, 3.8) is 0 Å². The molecule has 2 aromatic heterocycles. The van der Waals surface area contributed by atoms with E-state index in [1.165, 1.54) is 17.3 Å². The minimum absolute atomic E-state index is 0.0945. The molecule has 27 heavy (non-hydrogen) atoms. The summed E-state index contributed by atoms with van der Waals surface area (Å²) in [5, 5.41) is 8.26. The first-order chi connectivity index (χ1) is 13.3. The number of nitrogens with zero attached hydrogens (tertiary/aromatic N) is 4. The molecule has 1 aliphatic rings. The first kappa shape index (κ1) is 17.8. The zero-order valence-electron chi connectivity index (χ0n) is 14.8. The molecule has 1 aromatic carbocycles. The van der Waals surface area contributed by atoms with Crippen LogP contribution in [0, 0.1) is 0 Å². The molecule has 8 heteroatoms. The van der Waals surface area contributed by atoms with Crippen LogP contribution in [0.15, 0.2) is 62.8 Å². The van der Waals surface area contributed by atoms with Crippen LogP contribution >= 0.6 is 11.8 Å². The molecule has 140 valence electrons. The van der Waals surface area contributed by atoms with Gasteiger partial charge in [-0.15, -0.1) is 10.2 Å². The van der Waals surface area contributed by atoms with Gasteiger partial charge in [0.15, 0.2) is 5.76 Å². The molecule has 0 aliphatic carbocycles. The van der Waals surface area contributed by atoms with Crippen molar-refractivity contribution in [1.82, 2.24) is 20.0 Å². The fraction of sp³-hybridized carbons (Fsp3) is 0.316. The Morgan fingerprint density at radius 1 is 1.04 bits per heavy atom. The van der Waals surface area contributed by atoms with Crippen LogP contribution in [-0.2, 0) is 11.3 Å². The Bertz CT molecular complexity index is 858. The van der Waals surface area contributed by atoms with Gasteiger partial charge in [-0.05, 0) is 17.7 Å². The van der Waals surface area contributed by atoms with Crippen molar-refractivity contribution in [1.29, 1.82) is 0 Å². The Morgan fingerprint density at radius 2 is 1.85 bits per heavy atom. The molecule has 3 aromatic rings. The van der Waals surface area contributed by atoms with E-state index in [1.54, 1.807) is 18.4 Å². The van der Waals surface area contributed by atoms with Crippen LogP contribution < -0.4 is 0 Å². The third kappa shape index (κ3) is 4.58. The second kappa shape index (κ2) is 8.41. The quantitative estimate of drug-likeness (QED) is 0.605. The van der Waals surface area contributed by atoms with E-state index in [4.69, 9.17) is 8.83 Å². The number of aromatic nitrogens is 2. The van der Waals surface area contributed by atoms with Crippen molar-refractivity contribution >= 4 is 17.7 Å². The summed E-state index contributed by atoms with van der Waals surface area (Å²) in [5.74, 6) is 1.23. The number of piperazine rings is 1. The van der Waals surface area contributed by atoms with E-state index in [-0.39, 0.29) is 5.91 Å². The van der Waals surface area contributed by atoms with Crippen LogP contribution in [0.25, 0.3) is 11.7 Å². The summed E-state index contributed by atoms with van der Waals surface area (Å²) in [7, 11) is 0. The summed E-state index contributed by atoms with van der Waals surface area (Å²) >= 11 is 1.26. The minimum Gasteiger partial charge on any atom is -0.459 e. The number of rotatable bonds is 6. The van der Waals surface area contributed by atoms with Crippen LogP contribution in [0.1, 0.15) is 5.56 Å². The van der Waals surface area contributed by atoms with Crippen LogP contribution in [0.2, 0.25) is 0 Å². The molecule has 0 unspecified atom stereocenters. The van der Waals surface area contributed by atoms with E-state index in [0.29, 0.717) is 22.6 Å². The van der Waals surface area contributed by atoms with Crippen LogP contribution in [-0.4, -0.2) is 57.8 Å². The van der Waals surface area contributed by atoms with Gasteiger partial charge in [0.25, 0.3) is 11.1 Å². The summed E-state index contributed by atoms with van der Waals surface area (Å²) in [4.78, 5) is 16.7. The van der Waals surface area contributed by atoms with E-state index in [0.717, 1.165) is 32.7 Å². The summed E-state index contributed by atoms with van der Waals surface area (Å²) in [6.07, 6.45) is 1.55.